The Balaban J connectivity index is 1.71. The molecule has 188 valence electrons. The van der Waals surface area contributed by atoms with Crippen LogP contribution in [0.4, 0.5) is 0 Å². The van der Waals surface area contributed by atoms with Crippen molar-refractivity contribution in [1.82, 2.24) is 0 Å². The Kier molecular flexibility index (Phi) is 8.44. The molecule has 0 amide bonds. The summed E-state index contributed by atoms with van der Waals surface area (Å²) in [5.41, 5.74) is 5.77. The molecule has 2 heterocycles. The molecule has 14 heteroatoms. The maximum absolute atomic E-state index is 10.6. The Labute approximate surface area is 183 Å². The minimum Gasteiger partial charge on any atom is -0.396 e. The van der Waals surface area contributed by atoms with Gasteiger partial charge in [0.25, 0.3) is 0 Å². The Hall–Kier alpha value is -0.560. The van der Waals surface area contributed by atoms with Gasteiger partial charge in [-0.25, -0.2) is 0 Å². The number of aliphatic hydroxyl groups excluding tert-OH is 9. The lowest BCUT2D eigenvalue weighted by molar-refractivity contribution is -0.363. The van der Waals surface area contributed by atoms with Crippen LogP contribution in [0.15, 0.2) is 0 Å². The summed E-state index contributed by atoms with van der Waals surface area (Å²) >= 11 is 0. The summed E-state index contributed by atoms with van der Waals surface area (Å²) in [6, 6.07) is -1.01. The van der Waals surface area contributed by atoms with E-state index in [9.17, 15) is 46.0 Å². The van der Waals surface area contributed by atoms with Crippen molar-refractivity contribution in [3.05, 3.63) is 0 Å². The molecule has 5 unspecified atom stereocenters. The van der Waals surface area contributed by atoms with Gasteiger partial charge < -0.3 is 70.6 Å². The van der Waals surface area contributed by atoms with Crippen LogP contribution in [0.5, 0.6) is 0 Å². The van der Waals surface area contributed by atoms with E-state index >= 15 is 0 Å². The fourth-order valence-corrected chi connectivity index (χ4v) is 4.32. The van der Waals surface area contributed by atoms with E-state index in [0.29, 0.717) is 0 Å². The summed E-state index contributed by atoms with van der Waals surface area (Å²) in [6.07, 6.45) is -19.1. The monoisotopic (exact) mass is 471 g/mol. The normalized spacial score (nSPS) is 54.7. The molecular weight excluding hydrogens is 438 g/mol. The molecule has 0 aromatic rings. The van der Waals surface area contributed by atoms with Gasteiger partial charge in [0.2, 0.25) is 0 Å². The highest BCUT2D eigenvalue weighted by molar-refractivity contribution is 5.02. The van der Waals surface area contributed by atoms with Gasteiger partial charge >= 0.3 is 0 Å². The molecule has 32 heavy (non-hydrogen) atoms. The van der Waals surface area contributed by atoms with Gasteiger partial charge in [0.05, 0.1) is 31.5 Å². The van der Waals surface area contributed by atoms with E-state index < -0.39 is 105 Å². The molecule has 1 saturated carbocycles. The van der Waals surface area contributed by atoms with Gasteiger partial charge in [-0.15, -0.1) is 0 Å². The molecule has 11 N–H and O–H groups in total. The first-order chi connectivity index (χ1) is 15.0. The van der Waals surface area contributed by atoms with Gasteiger partial charge in [-0.3, -0.25) is 0 Å². The van der Waals surface area contributed by atoms with E-state index in [1.807, 2.05) is 0 Å². The number of rotatable bonds is 6. The summed E-state index contributed by atoms with van der Waals surface area (Å²) in [5, 5.41) is 90.3. The third kappa shape index (κ3) is 4.67. The van der Waals surface area contributed by atoms with Gasteiger partial charge in [0, 0.05) is 12.0 Å². The quantitative estimate of drug-likeness (QED) is 0.173. The van der Waals surface area contributed by atoms with E-state index in [4.69, 9.17) is 24.7 Å². The molecule has 0 aromatic heterocycles. The highest BCUT2D eigenvalue weighted by Gasteiger charge is 2.54. The zero-order chi connectivity index (χ0) is 23.9. The fraction of sp³-hybridized carbons (Fsp3) is 1.00. The Bertz CT molecular complexity index is 613. The zero-order valence-corrected chi connectivity index (χ0v) is 17.3. The van der Waals surface area contributed by atoms with Gasteiger partial charge in [-0.2, -0.15) is 0 Å². The summed E-state index contributed by atoms with van der Waals surface area (Å²) in [6.45, 7) is 0.163. The highest BCUT2D eigenvalue weighted by Crippen LogP contribution is 2.34. The lowest BCUT2D eigenvalue weighted by Gasteiger charge is -2.46. The van der Waals surface area contributed by atoms with Crippen LogP contribution in [0.25, 0.3) is 0 Å². The Morgan fingerprint density at radius 1 is 0.656 bits per heavy atom. The van der Waals surface area contributed by atoms with Crippen LogP contribution in [0, 0.1) is 5.92 Å². The zero-order valence-electron chi connectivity index (χ0n) is 17.3. The maximum atomic E-state index is 10.6. The number of hydrogen-bond donors (Lipinski definition) is 10. The van der Waals surface area contributed by atoms with Crippen LogP contribution in [0.3, 0.4) is 0 Å². The number of hydrogen-bond acceptors (Lipinski definition) is 14. The first-order valence-electron chi connectivity index (χ1n) is 10.4. The van der Waals surface area contributed by atoms with Gasteiger partial charge in [0.1, 0.15) is 48.8 Å². The van der Waals surface area contributed by atoms with Crippen LogP contribution >= 0.6 is 0 Å². The molecule has 0 radical (unpaired) electrons. The Morgan fingerprint density at radius 3 is 1.78 bits per heavy atom. The molecule has 3 aliphatic rings. The first kappa shape index (κ1) is 26.1. The molecule has 0 spiro atoms. The average Bonchev–Trinajstić information content (AvgIpc) is 2.98. The first-order valence-corrected chi connectivity index (χ1v) is 10.4. The van der Waals surface area contributed by atoms with Crippen molar-refractivity contribution >= 4 is 0 Å². The predicted molar refractivity (Wildman–Crippen MR) is 100 cm³/mol. The molecule has 3 rings (SSSR count). The van der Waals surface area contributed by atoms with Crippen molar-refractivity contribution in [3.63, 3.8) is 0 Å². The van der Waals surface area contributed by atoms with Crippen LogP contribution in [-0.4, -0.2) is 145 Å². The highest BCUT2D eigenvalue weighted by atomic mass is 16.7. The van der Waals surface area contributed by atoms with Gasteiger partial charge in [0.15, 0.2) is 12.6 Å². The van der Waals surface area contributed by atoms with Gasteiger partial charge in [-0.05, 0) is 6.92 Å². The molecule has 0 aromatic carbocycles. The smallest absolute Gasteiger partial charge is 0.187 e. The predicted octanol–water partition coefficient (Wildman–Crippen LogP) is -6.31. The van der Waals surface area contributed by atoms with Crippen molar-refractivity contribution in [2.24, 2.45) is 11.7 Å². The lowest BCUT2D eigenvalue weighted by Crippen LogP contribution is -2.64. The second-order valence-electron chi connectivity index (χ2n) is 8.49. The SMILES string of the molecule is C[C@H]1O[C@H](O[C@@H]2[C@H](O)[C@H](O)[C@H](OC3C(O)C(O)C(N)C3CO)O[C@@H]2CO)[C@H](O)[C@@H](O)[C@@H]1O. The average molecular weight is 471 g/mol. The summed E-state index contributed by atoms with van der Waals surface area (Å²) in [7, 11) is 0. The third-order valence-corrected chi connectivity index (χ3v) is 6.42. The van der Waals surface area contributed by atoms with E-state index in [1.165, 1.54) is 6.92 Å². The van der Waals surface area contributed by atoms with Crippen molar-refractivity contribution < 1.29 is 64.9 Å². The molecule has 2 saturated heterocycles. The molecule has 15 atom stereocenters. The molecule has 3 fully saturated rings. The van der Waals surface area contributed by atoms with Crippen LogP contribution in [-0.2, 0) is 18.9 Å². The molecule has 0 bridgehead atoms. The standard InChI is InChI=1S/C18H33NO13/c1-4-8(22)10(24)13(27)17(29-4)32-16-6(3-21)30-18(14(28)12(16)26)31-15-5(2-20)7(19)9(23)11(15)25/h4-18,20-28H,2-3,19H2,1H3/t4-,5?,6-,7?,8-,9?,10+,11?,12-,13-,14+,15?,16+,17-,18+/m1/s1. The van der Waals surface area contributed by atoms with Gasteiger partial charge in [-0.1, -0.05) is 0 Å². The molecule has 1 aliphatic carbocycles. The largest absolute Gasteiger partial charge is 0.396 e. The van der Waals surface area contributed by atoms with Crippen LogP contribution in [0.1, 0.15) is 6.92 Å². The number of ether oxygens (including phenoxy) is 4. The number of nitrogens with two attached hydrogens (primary N) is 1. The van der Waals surface area contributed by atoms with Crippen molar-refractivity contribution in [2.45, 2.75) is 92.7 Å². The summed E-state index contributed by atoms with van der Waals surface area (Å²) < 4.78 is 21.8. The third-order valence-electron chi connectivity index (χ3n) is 6.42. The van der Waals surface area contributed by atoms with E-state index in [0.717, 1.165) is 0 Å². The number of aliphatic hydroxyl groups is 9. The summed E-state index contributed by atoms with van der Waals surface area (Å²) in [5.74, 6) is -0.894. The van der Waals surface area contributed by atoms with E-state index in [1.54, 1.807) is 0 Å². The maximum Gasteiger partial charge on any atom is 0.187 e. The molecule has 2 aliphatic heterocycles. The lowest BCUT2D eigenvalue weighted by atomic mass is 9.97. The fourth-order valence-electron chi connectivity index (χ4n) is 4.32. The van der Waals surface area contributed by atoms with E-state index in [-0.39, 0.29) is 0 Å². The van der Waals surface area contributed by atoms with Crippen LogP contribution < -0.4 is 5.73 Å². The van der Waals surface area contributed by atoms with Crippen LogP contribution in [0.2, 0.25) is 0 Å². The molecule has 14 nitrogen and oxygen atoms in total. The second kappa shape index (κ2) is 10.4. The summed E-state index contributed by atoms with van der Waals surface area (Å²) in [4.78, 5) is 0. The van der Waals surface area contributed by atoms with E-state index in [2.05, 4.69) is 0 Å². The van der Waals surface area contributed by atoms with Crippen molar-refractivity contribution in [1.29, 1.82) is 0 Å². The molecular formula is C18H33NO13. The van der Waals surface area contributed by atoms with Crippen molar-refractivity contribution in [3.8, 4) is 0 Å². The Morgan fingerprint density at radius 2 is 1.19 bits per heavy atom. The second-order valence-corrected chi connectivity index (χ2v) is 8.49. The minimum atomic E-state index is -1.78. The minimum absolute atomic E-state index is 0.538. The topological polar surface area (TPSA) is 245 Å². The van der Waals surface area contributed by atoms with Crippen molar-refractivity contribution in [2.75, 3.05) is 13.2 Å².